The molecule has 0 spiro atoms. The fourth-order valence-corrected chi connectivity index (χ4v) is 3.12. The number of carboxylic acids is 1. The zero-order chi connectivity index (χ0) is 17.8. The van der Waals surface area contributed by atoms with Gasteiger partial charge in [0.2, 0.25) is 5.91 Å². The highest BCUT2D eigenvalue weighted by Gasteiger charge is 2.46. The number of hydrogen-bond donors (Lipinski definition) is 1. The van der Waals surface area contributed by atoms with Crippen LogP contribution in [-0.4, -0.2) is 35.5 Å². The van der Waals surface area contributed by atoms with Gasteiger partial charge in [0.25, 0.3) is 0 Å². The Morgan fingerprint density at radius 3 is 2.60 bits per heavy atom. The summed E-state index contributed by atoms with van der Waals surface area (Å²) < 4.78 is 5.23. The van der Waals surface area contributed by atoms with Gasteiger partial charge in [-0.25, -0.2) is 0 Å². The number of nitrogens with zero attached hydrogens (tertiary/aromatic N) is 1. The molecule has 1 aliphatic carbocycles. The van der Waals surface area contributed by atoms with Crippen molar-refractivity contribution in [1.82, 2.24) is 4.90 Å². The van der Waals surface area contributed by atoms with Crippen LogP contribution < -0.4 is 4.74 Å². The zero-order valence-corrected chi connectivity index (χ0v) is 14.1. The quantitative estimate of drug-likeness (QED) is 0.842. The van der Waals surface area contributed by atoms with Gasteiger partial charge in [0.15, 0.2) is 0 Å². The highest BCUT2D eigenvalue weighted by molar-refractivity contribution is 5.86. The molecule has 0 saturated heterocycles. The summed E-state index contributed by atoms with van der Waals surface area (Å²) in [6, 6.07) is 17.2. The van der Waals surface area contributed by atoms with E-state index in [0.29, 0.717) is 6.54 Å². The molecule has 2 aromatic carbocycles. The summed E-state index contributed by atoms with van der Waals surface area (Å²) in [7, 11) is 1.61. The minimum atomic E-state index is -0.997. The van der Waals surface area contributed by atoms with Crippen molar-refractivity contribution < 1.29 is 19.4 Å². The molecule has 2 aromatic rings. The number of methoxy groups -OCH3 is 1. The maximum atomic E-state index is 12.8. The second kappa shape index (κ2) is 7.38. The number of carbonyl (C=O) groups is 2. The van der Waals surface area contributed by atoms with Crippen LogP contribution in [0.2, 0.25) is 0 Å². The number of carboxylic acid groups (broad SMARTS) is 1. The fraction of sp³-hybridized carbons (Fsp3) is 0.300. The smallest absolute Gasteiger partial charge is 0.323 e. The predicted molar refractivity (Wildman–Crippen MR) is 93.3 cm³/mol. The second-order valence-corrected chi connectivity index (χ2v) is 6.30. The first-order chi connectivity index (χ1) is 12.1. The van der Waals surface area contributed by atoms with Crippen LogP contribution in [0.1, 0.15) is 23.5 Å². The van der Waals surface area contributed by atoms with Crippen molar-refractivity contribution in [3.05, 3.63) is 65.7 Å². The molecule has 3 rings (SSSR count). The summed E-state index contributed by atoms with van der Waals surface area (Å²) in [4.78, 5) is 25.4. The summed E-state index contributed by atoms with van der Waals surface area (Å²) in [6.07, 6.45) is 0.747. The molecular weight excluding hydrogens is 318 g/mol. The van der Waals surface area contributed by atoms with Crippen LogP contribution >= 0.6 is 0 Å². The Bertz CT molecular complexity index is 759. The van der Waals surface area contributed by atoms with E-state index in [1.807, 2.05) is 54.6 Å². The molecule has 5 nitrogen and oxygen atoms in total. The van der Waals surface area contributed by atoms with E-state index in [-0.39, 0.29) is 24.3 Å². The van der Waals surface area contributed by atoms with E-state index in [4.69, 9.17) is 9.84 Å². The van der Waals surface area contributed by atoms with Crippen molar-refractivity contribution in [2.24, 2.45) is 5.92 Å². The summed E-state index contributed by atoms with van der Waals surface area (Å²) in [5.74, 6) is -0.353. The van der Waals surface area contributed by atoms with Crippen LogP contribution in [0.4, 0.5) is 0 Å². The van der Waals surface area contributed by atoms with Crippen LogP contribution in [0.5, 0.6) is 5.75 Å². The fourth-order valence-electron chi connectivity index (χ4n) is 3.12. The van der Waals surface area contributed by atoms with Gasteiger partial charge in [-0.15, -0.1) is 0 Å². The molecule has 0 aliphatic heterocycles. The molecule has 2 unspecified atom stereocenters. The van der Waals surface area contributed by atoms with E-state index in [1.165, 1.54) is 4.90 Å². The van der Waals surface area contributed by atoms with Crippen LogP contribution in [0.3, 0.4) is 0 Å². The Kier molecular flexibility index (Phi) is 5.03. The maximum absolute atomic E-state index is 12.8. The number of benzene rings is 2. The van der Waals surface area contributed by atoms with Crippen LogP contribution in [0.25, 0.3) is 0 Å². The van der Waals surface area contributed by atoms with E-state index in [1.54, 1.807) is 7.11 Å². The minimum Gasteiger partial charge on any atom is -0.497 e. The van der Waals surface area contributed by atoms with Gasteiger partial charge in [0.05, 0.1) is 7.11 Å². The van der Waals surface area contributed by atoms with Crippen LogP contribution in [-0.2, 0) is 16.1 Å². The maximum Gasteiger partial charge on any atom is 0.323 e. The third kappa shape index (κ3) is 4.18. The summed E-state index contributed by atoms with van der Waals surface area (Å²) in [5.41, 5.74) is 1.99. The Hall–Kier alpha value is -2.82. The van der Waals surface area contributed by atoms with Crippen molar-refractivity contribution in [3.63, 3.8) is 0 Å². The molecule has 0 radical (unpaired) electrons. The largest absolute Gasteiger partial charge is 0.497 e. The summed E-state index contributed by atoms with van der Waals surface area (Å²) >= 11 is 0. The van der Waals surface area contributed by atoms with Crippen LogP contribution in [0.15, 0.2) is 54.6 Å². The third-order valence-corrected chi connectivity index (χ3v) is 4.48. The molecular formula is C20H21NO4. The van der Waals surface area contributed by atoms with Gasteiger partial charge in [0, 0.05) is 12.5 Å². The summed E-state index contributed by atoms with van der Waals surface area (Å²) in [6.45, 7) is 0.0301. The molecule has 1 N–H and O–H groups in total. The second-order valence-electron chi connectivity index (χ2n) is 6.30. The monoisotopic (exact) mass is 339 g/mol. The lowest BCUT2D eigenvalue weighted by Gasteiger charge is -2.21. The number of amides is 1. The van der Waals surface area contributed by atoms with Crippen molar-refractivity contribution in [2.45, 2.75) is 18.9 Å². The molecule has 2 atom stereocenters. The molecule has 1 fully saturated rings. The average molecular weight is 339 g/mol. The van der Waals surface area contributed by atoms with Crippen molar-refractivity contribution in [3.8, 4) is 5.75 Å². The van der Waals surface area contributed by atoms with E-state index < -0.39 is 5.97 Å². The first-order valence-corrected chi connectivity index (χ1v) is 8.27. The topological polar surface area (TPSA) is 66.8 Å². The molecule has 0 aromatic heterocycles. The molecule has 5 heteroatoms. The Morgan fingerprint density at radius 1 is 1.16 bits per heavy atom. The van der Waals surface area contributed by atoms with Gasteiger partial charge in [-0.05, 0) is 35.6 Å². The molecule has 0 bridgehead atoms. The Morgan fingerprint density at radius 2 is 1.92 bits per heavy atom. The Labute approximate surface area is 146 Å². The van der Waals surface area contributed by atoms with Gasteiger partial charge in [-0.1, -0.05) is 42.5 Å². The van der Waals surface area contributed by atoms with Gasteiger partial charge < -0.3 is 14.7 Å². The van der Waals surface area contributed by atoms with Crippen LogP contribution in [0, 0.1) is 5.92 Å². The van der Waals surface area contributed by atoms with Crippen molar-refractivity contribution in [1.29, 1.82) is 0 Å². The SMILES string of the molecule is COc1cccc(C2CC2C(=O)N(CC(=O)O)Cc2ccccc2)c1. The van der Waals surface area contributed by atoms with E-state index >= 15 is 0 Å². The molecule has 1 aliphatic rings. The lowest BCUT2D eigenvalue weighted by Crippen LogP contribution is -2.36. The van der Waals surface area contributed by atoms with Gasteiger partial charge in [-0.2, -0.15) is 0 Å². The molecule has 0 heterocycles. The molecule has 130 valence electrons. The molecule has 1 saturated carbocycles. The first kappa shape index (κ1) is 17.0. The molecule has 1 amide bonds. The highest BCUT2D eigenvalue weighted by Crippen LogP contribution is 2.49. The van der Waals surface area contributed by atoms with Gasteiger partial charge >= 0.3 is 5.97 Å². The standard InChI is InChI=1S/C20H21NO4/c1-25-16-9-5-8-15(10-16)17-11-18(17)20(24)21(13-19(22)23)12-14-6-3-2-4-7-14/h2-10,17-18H,11-13H2,1H3,(H,22,23). The normalized spacial score (nSPS) is 18.4. The van der Waals surface area contributed by atoms with Crippen molar-refractivity contribution in [2.75, 3.05) is 13.7 Å². The number of carbonyl (C=O) groups excluding carboxylic acids is 1. The zero-order valence-electron chi connectivity index (χ0n) is 14.1. The molecule has 25 heavy (non-hydrogen) atoms. The van der Waals surface area contributed by atoms with Gasteiger partial charge in [0.1, 0.15) is 12.3 Å². The first-order valence-electron chi connectivity index (χ1n) is 8.27. The third-order valence-electron chi connectivity index (χ3n) is 4.48. The highest BCUT2D eigenvalue weighted by atomic mass is 16.5. The number of aliphatic carboxylic acids is 1. The van der Waals surface area contributed by atoms with E-state index in [2.05, 4.69) is 0 Å². The van der Waals surface area contributed by atoms with E-state index in [0.717, 1.165) is 23.3 Å². The minimum absolute atomic E-state index is 0.0981. The number of rotatable bonds is 7. The van der Waals surface area contributed by atoms with E-state index in [9.17, 15) is 9.59 Å². The Balaban J connectivity index is 1.71. The number of hydrogen-bond acceptors (Lipinski definition) is 3. The average Bonchev–Trinajstić information content (AvgIpc) is 3.42. The summed E-state index contributed by atoms with van der Waals surface area (Å²) in [5, 5.41) is 9.15. The lowest BCUT2D eigenvalue weighted by molar-refractivity contribution is -0.145. The predicted octanol–water partition coefficient (Wildman–Crippen LogP) is 2.91. The van der Waals surface area contributed by atoms with Crippen molar-refractivity contribution >= 4 is 11.9 Å². The number of ether oxygens (including phenoxy) is 1. The lowest BCUT2D eigenvalue weighted by atomic mass is 10.1. The van der Waals surface area contributed by atoms with Gasteiger partial charge in [-0.3, -0.25) is 9.59 Å².